The fourth-order valence-corrected chi connectivity index (χ4v) is 0.568. The lowest BCUT2D eigenvalue weighted by Gasteiger charge is -1.87. The first-order chi connectivity index (χ1) is 4.81. The highest BCUT2D eigenvalue weighted by Gasteiger charge is 1.78. The van der Waals surface area contributed by atoms with Crippen LogP contribution in [-0.4, -0.2) is 6.54 Å². The molecular formula is C9H17N. The second-order valence-electron chi connectivity index (χ2n) is 2.41. The third kappa shape index (κ3) is 5.61. The summed E-state index contributed by atoms with van der Waals surface area (Å²) in [6.45, 7) is 5.02. The monoisotopic (exact) mass is 139 g/mol. The van der Waals surface area contributed by atoms with Gasteiger partial charge < -0.3 is 5.73 Å². The van der Waals surface area contributed by atoms with E-state index in [-0.39, 0.29) is 0 Å². The third-order valence-electron chi connectivity index (χ3n) is 1.43. The fraction of sp³-hybridized carbons (Fsp3) is 0.667. The van der Waals surface area contributed by atoms with Gasteiger partial charge in [0.25, 0.3) is 0 Å². The lowest BCUT2D eigenvalue weighted by molar-refractivity contribution is 0.855. The lowest BCUT2D eigenvalue weighted by atomic mass is 10.2. The smallest absolute Gasteiger partial charge is 0.00741 e. The molecule has 0 aromatic rings. The first-order valence-corrected chi connectivity index (χ1v) is 3.92. The molecule has 0 bridgehead atoms. The van der Waals surface area contributed by atoms with Crippen LogP contribution in [0.2, 0.25) is 0 Å². The molecule has 0 saturated carbocycles. The zero-order valence-corrected chi connectivity index (χ0v) is 6.98. The van der Waals surface area contributed by atoms with Crippen molar-refractivity contribution in [1.29, 1.82) is 0 Å². The van der Waals surface area contributed by atoms with Crippen molar-refractivity contribution in [1.82, 2.24) is 0 Å². The van der Waals surface area contributed by atoms with Crippen molar-refractivity contribution in [3.63, 3.8) is 0 Å². The van der Waals surface area contributed by atoms with Crippen molar-refractivity contribution < 1.29 is 0 Å². The van der Waals surface area contributed by atoms with Crippen molar-refractivity contribution >= 4 is 0 Å². The van der Waals surface area contributed by atoms with E-state index in [1.807, 2.05) is 0 Å². The molecule has 0 saturated heterocycles. The van der Waals surface area contributed by atoms with Gasteiger partial charge in [0.05, 0.1) is 0 Å². The van der Waals surface area contributed by atoms with Crippen LogP contribution >= 0.6 is 0 Å². The van der Waals surface area contributed by atoms with Gasteiger partial charge in [0, 0.05) is 0 Å². The Labute approximate surface area is 63.6 Å². The van der Waals surface area contributed by atoms with Gasteiger partial charge in [-0.3, -0.25) is 0 Å². The molecule has 0 radical (unpaired) electrons. The number of allylic oxidation sites excluding steroid dienone is 1. The number of rotatable bonds is 4. The molecule has 0 amide bonds. The van der Waals surface area contributed by atoms with Crippen LogP contribution in [0.5, 0.6) is 0 Å². The summed E-state index contributed by atoms with van der Waals surface area (Å²) in [5, 5.41) is 0. The van der Waals surface area contributed by atoms with E-state index >= 15 is 0 Å². The van der Waals surface area contributed by atoms with Gasteiger partial charge >= 0.3 is 0 Å². The van der Waals surface area contributed by atoms with Gasteiger partial charge in [0.1, 0.15) is 0 Å². The van der Waals surface area contributed by atoms with Gasteiger partial charge in [-0.2, -0.15) is 0 Å². The van der Waals surface area contributed by atoms with Crippen molar-refractivity contribution in [2.24, 2.45) is 5.73 Å². The average molecular weight is 139 g/mol. The third-order valence-corrected chi connectivity index (χ3v) is 1.43. The van der Waals surface area contributed by atoms with Gasteiger partial charge in [-0.1, -0.05) is 6.92 Å². The molecule has 0 aromatic heterocycles. The van der Waals surface area contributed by atoms with E-state index in [4.69, 9.17) is 5.73 Å². The van der Waals surface area contributed by atoms with Crippen molar-refractivity contribution in [3.05, 3.63) is 17.4 Å². The van der Waals surface area contributed by atoms with Gasteiger partial charge in [-0.05, 0) is 44.4 Å². The van der Waals surface area contributed by atoms with Gasteiger partial charge in [0.2, 0.25) is 0 Å². The highest BCUT2D eigenvalue weighted by atomic mass is 14.5. The first kappa shape index (κ1) is 9.48. The van der Waals surface area contributed by atoms with Gasteiger partial charge in [-0.25, -0.2) is 0 Å². The lowest BCUT2D eigenvalue weighted by Crippen LogP contribution is -1.96. The van der Waals surface area contributed by atoms with Crippen LogP contribution in [0.4, 0.5) is 0 Å². The maximum Gasteiger partial charge on any atom is -0.00741 e. The molecule has 0 unspecified atom stereocenters. The Bertz CT molecular complexity index is 130. The highest BCUT2D eigenvalue weighted by Crippen LogP contribution is 1.95. The maximum absolute atomic E-state index is 5.32. The van der Waals surface area contributed by atoms with Crippen LogP contribution in [0.1, 0.15) is 33.1 Å². The summed E-state index contributed by atoms with van der Waals surface area (Å²) >= 11 is 0. The molecule has 1 nitrogen and oxygen atoms in total. The second-order valence-corrected chi connectivity index (χ2v) is 2.41. The van der Waals surface area contributed by atoms with E-state index in [0.717, 1.165) is 25.8 Å². The Morgan fingerprint density at radius 1 is 1.60 bits per heavy atom. The second kappa shape index (κ2) is 6.60. The topological polar surface area (TPSA) is 26.0 Å². The molecule has 58 valence electrons. The average Bonchev–Trinajstić information content (AvgIpc) is 1.98. The van der Waals surface area contributed by atoms with Crippen LogP contribution in [0, 0.1) is 0 Å². The minimum absolute atomic E-state index is 0.781. The summed E-state index contributed by atoms with van der Waals surface area (Å²) < 4.78 is 0. The molecule has 0 aliphatic rings. The molecule has 10 heavy (non-hydrogen) atoms. The predicted octanol–water partition coefficient (Wildman–Crippen LogP) is 2.24. The quantitative estimate of drug-likeness (QED) is 0.469. The molecule has 0 aliphatic carbocycles. The van der Waals surface area contributed by atoms with E-state index in [2.05, 4.69) is 25.7 Å². The zero-order valence-electron chi connectivity index (χ0n) is 6.98. The largest absolute Gasteiger partial charge is 0.330 e. The van der Waals surface area contributed by atoms with Crippen molar-refractivity contribution in [2.45, 2.75) is 33.1 Å². The van der Waals surface area contributed by atoms with Crippen LogP contribution < -0.4 is 5.73 Å². The van der Waals surface area contributed by atoms with Crippen LogP contribution in [-0.2, 0) is 0 Å². The van der Waals surface area contributed by atoms with E-state index in [1.165, 1.54) is 5.57 Å². The fourth-order valence-electron chi connectivity index (χ4n) is 0.568. The molecule has 0 spiro atoms. The molecule has 1 heteroatoms. The molecule has 0 aromatic carbocycles. The Morgan fingerprint density at radius 2 is 2.30 bits per heavy atom. The summed E-state index contributed by atoms with van der Waals surface area (Å²) in [4.78, 5) is 0. The normalized spacial score (nSPS) is 8.70. The molecular weight excluding hydrogens is 122 g/mol. The standard InChI is InChI=1S/C9H17N/c1-3-9(2)7-5-4-6-8-10/h5H,3-4,6,8,10H2,1-2H3. The number of hydrogen-bond acceptors (Lipinski definition) is 1. The van der Waals surface area contributed by atoms with Gasteiger partial charge in [-0.15, -0.1) is 5.73 Å². The van der Waals surface area contributed by atoms with Crippen molar-refractivity contribution in [3.8, 4) is 0 Å². The Balaban J connectivity index is 3.52. The minimum atomic E-state index is 0.781. The Morgan fingerprint density at radius 3 is 2.80 bits per heavy atom. The number of unbranched alkanes of at least 4 members (excludes halogenated alkanes) is 1. The SMILES string of the molecule is CCC(C)=C=CCCCN. The summed E-state index contributed by atoms with van der Waals surface area (Å²) in [6.07, 6.45) is 5.31. The van der Waals surface area contributed by atoms with Crippen molar-refractivity contribution in [2.75, 3.05) is 6.54 Å². The summed E-state index contributed by atoms with van der Waals surface area (Å²) in [6, 6.07) is 0. The van der Waals surface area contributed by atoms with Crippen LogP contribution in [0.3, 0.4) is 0 Å². The maximum atomic E-state index is 5.32. The predicted molar refractivity (Wildman–Crippen MR) is 45.8 cm³/mol. The summed E-state index contributed by atoms with van der Waals surface area (Å²) in [5.41, 5.74) is 9.84. The minimum Gasteiger partial charge on any atom is -0.330 e. The van der Waals surface area contributed by atoms with Gasteiger partial charge in [0.15, 0.2) is 0 Å². The molecule has 0 atom stereocenters. The van der Waals surface area contributed by atoms with E-state index in [0.29, 0.717) is 0 Å². The van der Waals surface area contributed by atoms with E-state index < -0.39 is 0 Å². The van der Waals surface area contributed by atoms with E-state index in [1.54, 1.807) is 0 Å². The highest BCUT2D eigenvalue weighted by molar-refractivity contribution is 4.96. The van der Waals surface area contributed by atoms with Crippen LogP contribution in [0.25, 0.3) is 0 Å². The number of hydrogen-bond donors (Lipinski definition) is 1. The summed E-state index contributed by atoms with van der Waals surface area (Å²) in [5.74, 6) is 0. The summed E-state index contributed by atoms with van der Waals surface area (Å²) in [7, 11) is 0. The molecule has 0 aliphatic heterocycles. The zero-order chi connectivity index (χ0) is 7.82. The Kier molecular flexibility index (Phi) is 6.25. The number of nitrogens with two attached hydrogens (primary N) is 1. The van der Waals surface area contributed by atoms with E-state index in [9.17, 15) is 0 Å². The molecule has 0 fully saturated rings. The van der Waals surface area contributed by atoms with Crippen LogP contribution in [0.15, 0.2) is 17.4 Å². The molecule has 0 rings (SSSR count). The molecule has 0 heterocycles. The molecule has 2 N–H and O–H groups in total. The first-order valence-electron chi connectivity index (χ1n) is 3.92. The Hall–Kier alpha value is -0.520.